The normalized spacial score (nSPS) is 21.0. The molecule has 5 nitrogen and oxygen atoms in total. The van der Waals surface area contributed by atoms with E-state index in [-0.39, 0.29) is 0 Å². The SMILES string of the molecule is O=C(O)C(F)(F)OC(F)(C(F)(F)F)C(F)(F)C(F)(C(F)(F)F)C(F)(F)OC(F)(OC(F)(F)C(F)(Cl)C(F)(F)F)C(F)(F)F. The van der Waals surface area contributed by atoms with E-state index in [9.17, 15) is 110 Å². The molecule has 0 aromatic carbocycles. The van der Waals surface area contributed by atoms with E-state index in [2.05, 4.69) is 11.6 Å². The molecule has 4 atom stereocenters. The Morgan fingerprint density at radius 2 is 0.837 bits per heavy atom. The van der Waals surface area contributed by atoms with Gasteiger partial charge in [0.15, 0.2) is 0 Å². The Morgan fingerprint density at radius 3 is 1.09 bits per heavy atom. The van der Waals surface area contributed by atoms with Gasteiger partial charge in [-0.25, -0.2) is 23.0 Å². The van der Waals surface area contributed by atoms with Crippen molar-refractivity contribution in [2.75, 3.05) is 0 Å². The molecular weight excluding hydrogens is 728 g/mol. The quantitative estimate of drug-likeness (QED) is 0.134. The number of halogens is 25. The van der Waals surface area contributed by atoms with Crippen LogP contribution < -0.4 is 0 Å². The predicted octanol–water partition coefficient (Wildman–Crippen LogP) is 7.69. The summed E-state index contributed by atoms with van der Waals surface area (Å²) in [5.41, 5.74) is -9.51. The molecule has 258 valence electrons. The zero-order valence-corrected chi connectivity index (χ0v) is 18.8. The third-order valence-corrected chi connectivity index (χ3v) is 4.52. The summed E-state index contributed by atoms with van der Waals surface area (Å²) in [4.78, 5) is 10.1. The molecule has 0 saturated carbocycles. The topological polar surface area (TPSA) is 65.0 Å². The lowest BCUT2D eigenvalue weighted by molar-refractivity contribution is -0.575. The van der Waals surface area contributed by atoms with E-state index in [1.54, 1.807) is 0 Å². The van der Waals surface area contributed by atoms with Crippen molar-refractivity contribution in [1.29, 1.82) is 0 Å². The molecule has 0 fully saturated rings. The molecular formula is C13HClF24O5. The van der Waals surface area contributed by atoms with Gasteiger partial charge in [0.05, 0.1) is 0 Å². The molecule has 43 heavy (non-hydrogen) atoms. The smallest absolute Gasteiger partial charge is 0.475 e. The molecule has 0 bridgehead atoms. The van der Waals surface area contributed by atoms with Crippen LogP contribution in [0.4, 0.5) is 105 Å². The summed E-state index contributed by atoms with van der Waals surface area (Å²) in [5, 5.41) is 0.517. The van der Waals surface area contributed by atoms with Gasteiger partial charge in [0, 0.05) is 0 Å². The highest BCUT2D eigenvalue weighted by atomic mass is 35.5. The van der Waals surface area contributed by atoms with Crippen LogP contribution in [0.3, 0.4) is 0 Å². The summed E-state index contributed by atoms with van der Waals surface area (Å²) in [6, 6.07) is -8.43. The van der Waals surface area contributed by atoms with E-state index in [1.807, 2.05) is 0 Å². The molecule has 0 aromatic rings. The largest absolute Gasteiger partial charge is 0.478 e. The molecule has 0 spiro atoms. The van der Waals surface area contributed by atoms with Crippen LogP contribution in [0.5, 0.6) is 0 Å². The molecule has 0 radical (unpaired) electrons. The van der Waals surface area contributed by atoms with Crippen molar-refractivity contribution < 1.29 is 129 Å². The number of aliphatic carboxylic acids is 1. The van der Waals surface area contributed by atoms with E-state index >= 15 is 0 Å². The van der Waals surface area contributed by atoms with Gasteiger partial charge < -0.3 is 5.11 Å². The highest BCUT2D eigenvalue weighted by Gasteiger charge is 2.96. The summed E-state index contributed by atoms with van der Waals surface area (Å²) in [5.74, 6) is -22.7. The van der Waals surface area contributed by atoms with Gasteiger partial charge in [0.2, 0.25) is 0 Å². The van der Waals surface area contributed by atoms with Crippen molar-refractivity contribution in [2.24, 2.45) is 0 Å². The zero-order valence-electron chi connectivity index (χ0n) is 18.0. The Hall–Kier alpha value is -2.04. The minimum Gasteiger partial charge on any atom is -0.475 e. The third kappa shape index (κ3) is 6.52. The molecule has 0 aromatic heterocycles. The van der Waals surface area contributed by atoms with Crippen LogP contribution in [0.25, 0.3) is 0 Å². The Morgan fingerprint density at radius 1 is 0.488 bits per heavy atom. The summed E-state index contributed by atoms with van der Waals surface area (Å²) in [6.45, 7) is 0. The molecule has 0 saturated heterocycles. The van der Waals surface area contributed by atoms with Gasteiger partial charge in [-0.3, -0.25) is 4.74 Å². The maximum atomic E-state index is 14.4. The molecule has 0 rings (SSSR count). The lowest BCUT2D eigenvalue weighted by Crippen LogP contribution is -2.78. The first-order valence-electron chi connectivity index (χ1n) is 8.63. The number of rotatable bonds is 11. The second-order valence-electron chi connectivity index (χ2n) is 7.09. The fourth-order valence-electron chi connectivity index (χ4n) is 2.03. The number of alkyl halides is 25. The van der Waals surface area contributed by atoms with Gasteiger partial charge in [0.1, 0.15) is 0 Å². The Kier molecular flexibility index (Phi) is 10.0. The van der Waals surface area contributed by atoms with Crippen LogP contribution in [0.15, 0.2) is 0 Å². The third-order valence-electron chi connectivity index (χ3n) is 4.09. The molecule has 1 N–H and O–H groups in total. The van der Waals surface area contributed by atoms with Crippen molar-refractivity contribution in [3.63, 3.8) is 0 Å². The molecule has 0 aliphatic rings. The number of carboxylic acids is 1. The lowest BCUT2D eigenvalue weighted by atomic mass is 9.88. The zero-order chi connectivity index (χ0) is 35.7. The van der Waals surface area contributed by atoms with Gasteiger partial charge in [-0.1, -0.05) is 11.6 Å². The van der Waals surface area contributed by atoms with Crippen LogP contribution in [-0.4, -0.2) is 82.7 Å². The lowest BCUT2D eigenvalue weighted by Gasteiger charge is -2.46. The Balaban J connectivity index is 7.67. The van der Waals surface area contributed by atoms with Crippen molar-refractivity contribution in [3.8, 4) is 0 Å². The molecule has 0 aliphatic carbocycles. The van der Waals surface area contributed by atoms with Crippen molar-refractivity contribution in [3.05, 3.63) is 0 Å². The average Bonchev–Trinajstić information content (AvgIpc) is 2.67. The van der Waals surface area contributed by atoms with Crippen LogP contribution in [-0.2, 0) is 19.0 Å². The number of ether oxygens (including phenoxy) is 3. The Bertz CT molecular complexity index is 1030. The first kappa shape index (κ1) is 41.0. The number of carbonyl (C=O) groups is 1. The fraction of sp³-hybridized carbons (Fsp3) is 0.923. The Labute approximate surface area is 220 Å². The minimum atomic E-state index is -9.51. The second kappa shape index (κ2) is 10.5. The van der Waals surface area contributed by atoms with Crippen molar-refractivity contribution >= 4 is 17.6 Å². The number of carboxylic acid groups (broad SMARTS) is 1. The highest BCUT2D eigenvalue weighted by Crippen LogP contribution is 2.64. The van der Waals surface area contributed by atoms with Crippen LogP contribution in [0, 0.1) is 0 Å². The van der Waals surface area contributed by atoms with Crippen LogP contribution in [0.2, 0.25) is 0 Å². The van der Waals surface area contributed by atoms with Crippen molar-refractivity contribution in [1.82, 2.24) is 0 Å². The molecule has 4 unspecified atom stereocenters. The second-order valence-corrected chi connectivity index (χ2v) is 7.61. The van der Waals surface area contributed by atoms with Gasteiger partial charge >= 0.3 is 77.6 Å². The van der Waals surface area contributed by atoms with E-state index < -0.39 is 77.6 Å². The summed E-state index contributed by atoms with van der Waals surface area (Å²) >= 11 is 3.44. The van der Waals surface area contributed by atoms with Crippen LogP contribution in [0.1, 0.15) is 0 Å². The van der Waals surface area contributed by atoms with E-state index in [4.69, 9.17) is 5.11 Å². The monoisotopic (exact) mass is 728 g/mol. The van der Waals surface area contributed by atoms with E-state index in [0.717, 1.165) is 4.74 Å². The first-order valence-corrected chi connectivity index (χ1v) is 9.00. The highest BCUT2D eigenvalue weighted by molar-refractivity contribution is 6.24. The summed E-state index contributed by atoms with van der Waals surface area (Å²) in [7, 11) is 0. The maximum absolute atomic E-state index is 14.4. The van der Waals surface area contributed by atoms with E-state index in [1.165, 1.54) is 9.47 Å². The first-order chi connectivity index (χ1) is 18.1. The van der Waals surface area contributed by atoms with Crippen LogP contribution >= 0.6 is 11.6 Å². The number of hydrogen-bond acceptors (Lipinski definition) is 4. The summed E-state index contributed by atoms with van der Waals surface area (Å²) < 4.78 is 321. The average molecular weight is 729 g/mol. The van der Waals surface area contributed by atoms with Gasteiger partial charge in [-0.15, -0.1) is 0 Å². The molecule has 0 amide bonds. The van der Waals surface area contributed by atoms with Gasteiger partial charge in [0.25, 0.3) is 0 Å². The van der Waals surface area contributed by atoms with Crippen molar-refractivity contribution in [2.45, 2.75) is 71.6 Å². The standard InChI is InChI=1S/C13HClF24O5/c14-4(18,8(25,26)27)12(36,37)43-13(38,10(31,32)33)42-11(34,35)3(17,7(22,23)24)5(19,20)6(21,9(28,29)30)41-2(15,16)1(39)40/h(H,39,40). The summed E-state index contributed by atoms with van der Waals surface area (Å²) in [6.07, 6.45) is -57.7. The van der Waals surface area contributed by atoms with E-state index in [0.29, 0.717) is 0 Å². The van der Waals surface area contributed by atoms with Gasteiger partial charge in [-0.05, 0) is 0 Å². The minimum absolute atomic E-state index is 1.01. The molecule has 30 heteroatoms. The fourth-order valence-corrected chi connectivity index (χ4v) is 2.07. The number of hydrogen-bond donors (Lipinski definition) is 1. The molecule has 0 heterocycles. The maximum Gasteiger partial charge on any atom is 0.478 e. The molecule has 0 aliphatic heterocycles. The predicted molar refractivity (Wildman–Crippen MR) is 76.1 cm³/mol. The van der Waals surface area contributed by atoms with Gasteiger partial charge in [-0.2, -0.15) is 96.6 Å².